The zero-order valence-electron chi connectivity index (χ0n) is 16.3. The van der Waals surface area contributed by atoms with Crippen LogP contribution in [0.5, 0.6) is 0 Å². The van der Waals surface area contributed by atoms with Gasteiger partial charge in [0.15, 0.2) is 5.96 Å². The van der Waals surface area contributed by atoms with Gasteiger partial charge < -0.3 is 16.0 Å². The highest BCUT2D eigenvalue weighted by atomic mass is 127. The number of hydrogen-bond donors (Lipinski definition) is 3. The fourth-order valence-corrected chi connectivity index (χ4v) is 2.58. The predicted molar refractivity (Wildman–Crippen MR) is 124 cm³/mol. The number of aliphatic imine (C=N–C) groups is 1. The van der Waals surface area contributed by atoms with Crippen LogP contribution in [0.4, 0.5) is 10.1 Å². The van der Waals surface area contributed by atoms with Crippen molar-refractivity contribution in [3.63, 3.8) is 0 Å². The monoisotopic (exact) mass is 498 g/mol. The van der Waals surface area contributed by atoms with Crippen molar-refractivity contribution in [3.05, 3.63) is 65.5 Å². The molecule has 2 aromatic carbocycles. The summed E-state index contributed by atoms with van der Waals surface area (Å²) in [6, 6.07) is 14.3. The van der Waals surface area contributed by atoms with E-state index in [0.29, 0.717) is 31.9 Å². The maximum absolute atomic E-state index is 13.2. The Bertz CT molecular complexity index is 765. The summed E-state index contributed by atoms with van der Waals surface area (Å²) in [5, 5.41) is 9.33. The molecule has 0 unspecified atom stereocenters. The lowest BCUT2D eigenvalue weighted by atomic mass is 10.1. The van der Waals surface area contributed by atoms with Crippen molar-refractivity contribution in [1.82, 2.24) is 10.6 Å². The van der Waals surface area contributed by atoms with Crippen molar-refractivity contribution in [2.75, 3.05) is 18.9 Å². The molecule has 2 aromatic rings. The van der Waals surface area contributed by atoms with Crippen LogP contribution >= 0.6 is 24.0 Å². The van der Waals surface area contributed by atoms with Gasteiger partial charge in [-0.25, -0.2) is 4.39 Å². The van der Waals surface area contributed by atoms with E-state index in [1.54, 1.807) is 19.2 Å². The summed E-state index contributed by atoms with van der Waals surface area (Å²) in [5.41, 5.74) is 2.82. The van der Waals surface area contributed by atoms with Gasteiger partial charge in [0.25, 0.3) is 0 Å². The van der Waals surface area contributed by atoms with Crippen LogP contribution in [0.25, 0.3) is 0 Å². The molecule has 0 aliphatic carbocycles. The van der Waals surface area contributed by atoms with Gasteiger partial charge in [0.05, 0.1) is 0 Å². The van der Waals surface area contributed by atoms with Gasteiger partial charge in [0.2, 0.25) is 5.91 Å². The van der Waals surface area contributed by atoms with Gasteiger partial charge in [0, 0.05) is 32.2 Å². The van der Waals surface area contributed by atoms with Gasteiger partial charge in [-0.1, -0.05) is 31.2 Å². The molecule has 0 saturated carbocycles. The van der Waals surface area contributed by atoms with E-state index in [1.165, 1.54) is 6.07 Å². The molecule has 0 aliphatic heterocycles. The Kier molecular flexibility index (Phi) is 11.2. The van der Waals surface area contributed by atoms with Crippen LogP contribution in [0.15, 0.2) is 53.5 Å². The van der Waals surface area contributed by atoms with E-state index in [9.17, 15) is 9.18 Å². The average molecular weight is 498 g/mol. The Hall–Kier alpha value is -2.16. The van der Waals surface area contributed by atoms with Crippen LogP contribution in [0.2, 0.25) is 0 Å². The number of benzene rings is 2. The summed E-state index contributed by atoms with van der Waals surface area (Å²) < 4.78 is 13.2. The maximum atomic E-state index is 13.2. The number of hydrogen-bond acceptors (Lipinski definition) is 2. The minimum atomic E-state index is -0.218. The largest absolute Gasteiger partial charge is 0.356 e. The van der Waals surface area contributed by atoms with Crippen LogP contribution in [-0.4, -0.2) is 25.5 Å². The average Bonchev–Trinajstić information content (AvgIpc) is 2.66. The number of carbonyl (C=O) groups excluding carboxylic acids is 1. The number of guanidine groups is 1. The van der Waals surface area contributed by atoms with E-state index in [0.717, 1.165) is 23.2 Å². The molecule has 1 amide bonds. The normalized spacial score (nSPS) is 10.8. The molecule has 5 nitrogen and oxygen atoms in total. The van der Waals surface area contributed by atoms with E-state index >= 15 is 0 Å². The lowest BCUT2D eigenvalue weighted by Crippen LogP contribution is -2.37. The molecule has 0 aromatic heterocycles. The standard InChI is InChI=1S/C21H27FN4O.HI/c1-3-5-20(27)26-19-10-8-17(9-11-19)15-25-21(23-2)24-13-12-16-6-4-7-18(22)14-16;/h4,6-11,14H,3,5,12-13,15H2,1-2H3,(H,26,27)(H2,23,24,25);1H. The fourth-order valence-electron chi connectivity index (χ4n) is 2.58. The molecule has 0 heterocycles. The first-order chi connectivity index (χ1) is 13.1. The number of nitrogens with zero attached hydrogens (tertiary/aromatic N) is 1. The highest BCUT2D eigenvalue weighted by molar-refractivity contribution is 14.0. The lowest BCUT2D eigenvalue weighted by Gasteiger charge is -2.12. The van der Waals surface area contributed by atoms with Gasteiger partial charge in [-0.05, 0) is 48.2 Å². The zero-order chi connectivity index (χ0) is 19.5. The van der Waals surface area contributed by atoms with Crippen LogP contribution in [-0.2, 0) is 17.8 Å². The van der Waals surface area contributed by atoms with Crippen molar-refractivity contribution in [1.29, 1.82) is 0 Å². The molecule has 152 valence electrons. The first-order valence-corrected chi connectivity index (χ1v) is 9.18. The fraction of sp³-hybridized carbons (Fsp3) is 0.333. The molecular formula is C21H28FIN4O. The van der Waals surface area contributed by atoms with Crippen molar-refractivity contribution >= 4 is 41.5 Å². The van der Waals surface area contributed by atoms with Gasteiger partial charge in [0.1, 0.15) is 5.82 Å². The second kappa shape index (κ2) is 13.1. The Morgan fingerprint density at radius 1 is 1.07 bits per heavy atom. The van der Waals surface area contributed by atoms with Gasteiger partial charge in [-0.3, -0.25) is 9.79 Å². The molecule has 0 radical (unpaired) electrons. The van der Waals surface area contributed by atoms with Crippen molar-refractivity contribution in [2.24, 2.45) is 4.99 Å². The number of rotatable bonds is 8. The third-order valence-corrected chi connectivity index (χ3v) is 3.99. The van der Waals surface area contributed by atoms with Gasteiger partial charge >= 0.3 is 0 Å². The summed E-state index contributed by atoms with van der Waals surface area (Å²) in [7, 11) is 1.71. The molecule has 0 saturated heterocycles. The smallest absolute Gasteiger partial charge is 0.224 e. The van der Waals surface area contributed by atoms with Crippen molar-refractivity contribution in [2.45, 2.75) is 32.7 Å². The van der Waals surface area contributed by atoms with Crippen LogP contribution < -0.4 is 16.0 Å². The van der Waals surface area contributed by atoms with E-state index in [4.69, 9.17) is 0 Å². The number of nitrogens with one attached hydrogen (secondary N) is 3. The van der Waals surface area contributed by atoms with Crippen LogP contribution in [0, 0.1) is 5.82 Å². The highest BCUT2D eigenvalue weighted by Gasteiger charge is 2.02. The summed E-state index contributed by atoms with van der Waals surface area (Å²) >= 11 is 0. The molecule has 28 heavy (non-hydrogen) atoms. The Balaban J connectivity index is 0.00000392. The topological polar surface area (TPSA) is 65.5 Å². The summed E-state index contributed by atoms with van der Waals surface area (Å²) in [4.78, 5) is 15.8. The molecular weight excluding hydrogens is 470 g/mol. The van der Waals surface area contributed by atoms with E-state index in [1.807, 2.05) is 37.3 Å². The minimum Gasteiger partial charge on any atom is -0.356 e. The third-order valence-electron chi connectivity index (χ3n) is 3.99. The maximum Gasteiger partial charge on any atom is 0.224 e. The predicted octanol–water partition coefficient (Wildman–Crippen LogP) is 4.09. The van der Waals surface area contributed by atoms with Gasteiger partial charge in [-0.15, -0.1) is 24.0 Å². The highest BCUT2D eigenvalue weighted by Crippen LogP contribution is 2.10. The number of amides is 1. The summed E-state index contributed by atoms with van der Waals surface area (Å²) in [5.74, 6) is 0.502. The molecule has 0 aliphatic rings. The van der Waals surface area contributed by atoms with E-state index < -0.39 is 0 Å². The second-order valence-corrected chi connectivity index (χ2v) is 6.23. The SMILES string of the molecule is CCCC(=O)Nc1ccc(CNC(=NC)NCCc2cccc(F)c2)cc1.I. The van der Waals surface area contributed by atoms with E-state index in [-0.39, 0.29) is 35.7 Å². The number of carbonyl (C=O) groups is 1. The quantitative estimate of drug-likeness (QED) is 0.292. The minimum absolute atomic E-state index is 0. The molecule has 3 N–H and O–H groups in total. The zero-order valence-corrected chi connectivity index (χ0v) is 18.6. The molecule has 0 fully saturated rings. The molecule has 0 spiro atoms. The molecule has 0 atom stereocenters. The third kappa shape index (κ3) is 8.69. The number of anilines is 1. The Morgan fingerprint density at radius 2 is 1.82 bits per heavy atom. The molecule has 2 rings (SSSR count). The summed E-state index contributed by atoms with van der Waals surface area (Å²) in [6.07, 6.45) is 2.07. The first-order valence-electron chi connectivity index (χ1n) is 9.18. The van der Waals surface area contributed by atoms with E-state index in [2.05, 4.69) is 20.9 Å². The Morgan fingerprint density at radius 3 is 2.46 bits per heavy atom. The van der Waals surface area contributed by atoms with Crippen LogP contribution in [0.3, 0.4) is 0 Å². The van der Waals surface area contributed by atoms with Crippen molar-refractivity contribution in [3.8, 4) is 0 Å². The second-order valence-electron chi connectivity index (χ2n) is 6.23. The molecule has 0 bridgehead atoms. The Labute approximate surface area is 183 Å². The summed E-state index contributed by atoms with van der Waals surface area (Å²) in [6.45, 7) is 3.25. The van der Waals surface area contributed by atoms with Gasteiger partial charge in [-0.2, -0.15) is 0 Å². The van der Waals surface area contributed by atoms with Crippen LogP contribution in [0.1, 0.15) is 30.9 Å². The van der Waals surface area contributed by atoms with Crippen molar-refractivity contribution < 1.29 is 9.18 Å². The first kappa shape index (κ1) is 23.9. The molecule has 7 heteroatoms. The number of halogens is 2. The lowest BCUT2D eigenvalue weighted by molar-refractivity contribution is -0.116.